The molecule has 4 aromatic rings. The lowest BCUT2D eigenvalue weighted by molar-refractivity contribution is -0.0500. The number of aromatic nitrogens is 2. The summed E-state index contributed by atoms with van der Waals surface area (Å²) in [5, 5.41) is 4.21. The Balaban J connectivity index is 1.56. The summed E-state index contributed by atoms with van der Waals surface area (Å²) in [6.07, 6.45) is 5.29. The molecule has 0 aliphatic rings. The lowest BCUT2D eigenvalue weighted by Crippen LogP contribution is -2.15. The third kappa shape index (κ3) is 4.40. The van der Waals surface area contributed by atoms with E-state index in [1.165, 1.54) is 6.07 Å². The van der Waals surface area contributed by atoms with Gasteiger partial charge in [0.25, 0.3) is 5.91 Å². The monoisotopic (exact) mass is 393 g/mol. The van der Waals surface area contributed by atoms with Gasteiger partial charge in [-0.05, 0) is 40.6 Å². The van der Waals surface area contributed by atoms with Gasteiger partial charge < -0.3 is 14.6 Å². The molecule has 1 amide bonds. The maximum absolute atomic E-state index is 12.8. The molecular formula is C22H17F2N3O2. The van der Waals surface area contributed by atoms with E-state index in [1.54, 1.807) is 42.9 Å². The third-order valence-corrected chi connectivity index (χ3v) is 4.44. The Morgan fingerprint density at radius 2 is 1.79 bits per heavy atom. The summed E-state index contributed by atoms with van der Waals surface area (Å²) in [5.74, 6) is -0.679. The molecule has 0 fully saturated rings. The molecule has 7 heteroatoms. The number of hydrogen-bond acceptors (Lipinski definition) is 3. The van der Waals surface area contributed by atoms with E-state index in [1.807, 2.05) is 35.0 Å². The van der Waals surface area contributed by atoms with Crippen molar-refractivity contribution < 1.29 is 18.3 Å². The minimum absolute atomic E-state index is 0.0477. The first-order valence-electron chi connectivity index (χ1n) is 8.92. The average molecular weight is 393 g/mol. The normalized spacial score (nSPS) is 11.0. The first-order chi connectivity index (χ1) is 14.1. The molecule has 0 saturated heterocycles. The van der Waals surface area contributed by atoms with E-state index >= 15 is 0 Å². The maximum Gasteiger partial charge on any atom is 0.387 e. The molecule has 29 heavy (non-hydrogen) atoms. The molecule has 0 spiro atoms. The van der Waals surface area contributed by atoms with Crippen LogP contribution in [0.5, 0.6) is 5.75 Å². The first kappa shape index (κ1) is 18.6. The molecule has 1 heterocycles. The van der Waals surface area contributed by atoms with E-state index < -0.39 is 12.5 Å². The third-order valence-electron chi connectivity index (χ3n) is 4.44. The van der Waals surface area contributed by atoms with Crippen molar-refractivity contribution in [2.75, 3.05) is 5.32 Å². The van der Waals surface area contributed by atoms with Crippen LogP contribution in [0.3, 0.4) is 0 Å². The van der Waals surface area contributed by atoms with Gasteiger partial charge in [-0.2, -0.15) is 8.78 Å². The number of carbonyl (C=O) groups is 1. The Bertz CT molecular complexity index is 1130. The largest absolute Gasteiger partial charge is 0.434 e. The quantitative estimate of drug-likeness (QED) is 0.505. The van der Waals surface area contributed by atoms with Crippen LogP contribution in [0.25, 0.3) is 10.8 Å². The van der Waals surface area contributed by atoms with E-state index in [0.29, 0.717) is 17.6 Å². The van der Waals surface area contributed by atoms with Gasteiger partial charge in [0, 0.05) is 24.6 Å². The van der Waals surface area contributed by atoms with Crippen LogP contribution in [0, 0.1) is 0 Å². The molecule has 0 bridgehead atoms. The van der Waals surface area contributed by atoms with Crippen molar-refractivity contribution in [3.63, 3.8) is 0 Å². The number of imidazole rings is 1. The summed E-state index contributed by atoms with van der Waals surface area (Å²) in [4.78, 5) is 16.8. The highest BCUT2D eigenvalue weighted by atomic mass is 19.3. The van der Waals surface area contributed by atoms with Crippen LogP contribution in [0.1, 0.15) is 15.9 Å². The summed E-state index contributed by atoms with van der Waals surface area (Å²) in [5.41, 5.74) is 1.64. The molecule has 5 nitrogen and oxygen atoms in total. The van der Waals surface area contributed by atoms with Crippen LogP contribution in [0.4, 0.5) is 14.5 Å². The number of anilines is 1. The van der Waals surface area contributed by atoms with Gasteiger partial charge >= 0.3 is 6.61 Å². The molecule has 0 atom stereocenters. The summed E-state index contributed by atoms with van der Waals surface area (Å²) in [6.45, 7) is -2.36. The number of fused-ring (bicyclic) bond motifs is 1. The lowest BCUT2D eigenvalue weighted by atomic mass is 10.1. The van der Waals surface area contributed by atoms with E-state index in [0.717, 1.165) is 10.9 Å². The summed E-state index contributed by atoms with van der Waals surface area (Å²) >= 11 is 0. The Kier molecular flexibility index (Phi) is 5.20. The fraction of sp³-hybridized carbons (Fsp3) is 0.0909. The lowest BCUT2D eigenvalue weighted by Gasteiger charge is -2.13. The molecule has 0 saturated carbocycles. The Hall–Kier alpha value is -3.74. The fourth-order valence-electron chi connectivity index (χ4n) is 3.07. The minimum atomic E-state index is -3.02. The first-order valence-corrected chi connectivity index (χ1v) is 8.92. The number of hydrogen-bond donors (Lipinski definition) is 1. The van der Waals surface area contributed by atoms with Crippen molar-refractivity contribution in [3.8, 4) is 5.75 Å². The van der Waals surface area contributed by atoms with Gasteiger partial charge in [0.15, 0.2) is 0 Å². The standard InChI is InChI=1S/C22H17F2N3O2/c23-22(24)29-20-12-17-4-2-1-3-16(17)11-19(20)21(28)26-18-7-5-15(6-8-18)13-27-10-9-25-14-27/h1-12,14,22H,13H2,(H,26,28). The van der Waals surface area contributed by atoms with Gasteiger partial charge in [-0.1, -0.05) is 36.4 Å². The zero-order chi connectivity index (χ0) is 20.2. The highest BCUT2D eigenvalue weighted by Gasteiger charge is 2.17. The molecule has 4 rings (SSSR count). The second kappa shape index (κ2) is 8.10. The second-order valence-corrected chi connectivity index (χ2v) is 6.46. The maximum atomic E-state index is 12.8. The van der Waals surface area contributed by atoms with Crippen molar-refractivity contribution in [3.05, 3.63) is 90.5 Å². The molecule has 146 valence electrons. The van der Waals surface area contributed by atoms with Crippen LogP contribution in [0.2, 0.25) is 0 Å². The minimum Gasteiger partial charge on any atom is -0.434 e. The molecule has 0 aliphatic heterocycles. The Labute approximate surface area is 165 Å². The zero-order valence-corrected chi connectivity index (χ0v) is 15.3. The van der Waals surface area contributed by atoms with Crippen molar-refractivity contribution in [2.45, 2.75) is 13.2 Å². The van der Waals surface area contributed by atoms with Crippen LogP contribution in [-0.2, 0) is 6.54 Å². The van der Waals surface area contributed by atoms with Crippen molar-refractivity contribution >= 4 is 22.4 Å². The highest BCUT2D eigenvalue weighted by molar-refractivity contribution is 6.08. The fourth-order valence-corrected chi connectivity index (χ4v) is 3.07. The number of rotatable bonds is 6. The van der Waals surface area contributed by atoms with Gasteiger partial charge in [0.2, 0.25) is 0 Å². The number of ether oxygens (including phenoxy) is 1. The predicted molar refractivity (Wildman–Crippen MR) is 106 cm³/mol. The highest BCUT2D eigenvalue weighted by Crippen LogP contribution is 2.28. The number of alkyl halides is 2. The van der Waals surface area contributed by atoms with Gasteiger partial charge in [-0.25, -0.2) is 4.98 Å². The van der Waals surface area contributed by atoms with E-state index in [-0.39, 0.29) is 11.3 Å². The number of amides is 1. The molecule has 0 aliphatic carbocycles. The second-order valence-electron chi connectivity index (χ2n) is 6.46. The van der Waals surface area contributed by atoms with E-state index in [2.05, 4.69) is 15.0 Å². The predicted octanol–water partition coefficient (Wildman–Crippen LogP) is 4.94. The number of carbonyl (C=O) groups excluding carboxylic acids is 1. The molecular weight excluding hydrogens is 376 g/mol. The molecule has 1 aromatic heterocycles. The SMILES string of the molecule is O=C(Nc1ccc(Cn2ccnc2)cc1)c1cc2ccccc2cc1OC(F)F. The number of nitrogens with one attached hydrogen (secondary N) is 1. The van der Waals surface area contributed by atoms with Crippen LogP contribution >= 0.6 is 0 Å². The topological polar surface area (TPSA) is 56.2 Å². The Morgan fingerprint density at radius 1 is 1.07 bits per heavy atom. The van der Waals surface area contributed by atoms with E-state index in [4.69, 9.17) is 0 Å². The van der Waals surface area contributed by atoms with Crippen LogP contribution in [0.15, 0.2) is 79.4 Å². The van der Waals surface area contributed by atoms with Crippen molar-refractivity contribution in [2.24, 2.45) is 0 Å². The summed E-state index contributed by atoms with van der Waals surface area (Å²) < 4.78 is 32.2. The van der Waals surface area contributed by atoms with Crippen LogP contribution < -0.4 is 10.1 Å². The molecule has 1 N–H and O–H groups in total. The van der Waals surface area contributed by atoms with Gasteiger partial charge in [0.05, 0.1) is 11.9 Å². The van der Waals surface area contributed by atoms with Gasteiger partial charge in [0.1, 0.15) is 5.75 Å². The van der Waals surface area contributed by atoms with Crippen molar-refractivity contribution in [1.29, 1.82) is 0 Å². The Morgan fingerprint density at radius 3 is 2.45 bits per heavy atom. The van der Waals surface area contributed by atoms with E-state index in [9.17, 15) is 13.6 Å². The zero-order valence-electron chi connectivity index (χ0n) is 15.3. The number of nitrogens with zero attached hydrogens (tertiary/aromatic N) is 2. The smallest absolute Gasteiger partial charge is 0.387 e. The molecule has 0 radical (unpaired) electrons. The van der Waals surface area contributed by atoms with Gasteiger partial charge in [-0.15, -0.1) is 0 Å². The molecule has 3 aromatic carbocycles. The summed E-state index contributed by atoms with van der Waals surface area (Å²) in [7, 11) is 0. The number of benzene rings is 3. The average Bonchev–Trinajstić information content (AvgIpc) is 3.21. The van der Waals surface area contributed by atoms with Crippen LogP contribution in [-0.4, -0.2) is 22.1 Å². The molecule has 0 unspecified atom stereocenters. The van der Waals surface area contributed by atoms with Crippen molar-refractivity contribution in [1.82, 2.24) is 9.55 Å². The number of halogens is 2. The summed E-state index contributed by atoms with van der Waals surface area (Å²) in [6, 6.07) is 17.5. The van der Waals surface area contributed by atoms with Gasteiger partial charge in [-0.3, -0.25) is 4.79 Å².